The van der Waals surface area contributed by atoms with Crippen molar-refractivity contribution in [1.29, 1.82) is 0 Å². The van der Waals surface area contributed by atoms with Crippen molar-refractivity contribution in [3.63, 3.8) is 0 Å². The number of phenolic OH excluding ortho intramolecular Hbond substituents is 2. The number of hydrogen-bond acceptors (Lipinski definition) is 8. The van der Waals surface area contributed by atoms with Gasteiger partial charge < -0.3 is 10.2 Å². The Kier molecular flexibility index (Phi) is 29.1. The second kappa shape index (κ2) is 37.5. The fourth-order valence-corrected chi connectivity index (χ4v) is 13.0. The number of aromatic nitrogens is 2. The number of hydrogen-bond donors (Lipinski definition) is 2. The molecular weight excluding hydrogens is 1510 g/mol. The van der Waals surface area contributed by atoms with Gasteiger partial charge >= 0.3 is 0 Å². The molecular formula is C81H94Ir2N4O2S2-2. The van der Waals surface area contributed by atoms with Crippen LogP contribution in [0.2, 0.25) is 0 Å². The molecule has 2 heterocycles. The molecule has 0 saturated heterocycles. The molecule has 2 aromatic heterocycles. The SMILES string of the molecule is C=C=C=C=C=C=C=CC1(CCCCCCCC)c2cc(-c3ccc(O)c(C=NCCCCCC)c3)ccc2-c2ccc(-c3ccc(O)c(C=NCCCCCC)c3)cc21.[HH].[HH].[HH].[HH].[HH].[HH].[HH].[HH].[Ir].[Ir].[c-]1ccccc1-c1nc2ccccc2s1.[c-]1ccccc1-c1nc2ccccc2s1. The number of phenols is 2. The molecule has 0 unspecified atom stereocenters. The zero-order valence-electron chi connectivity index (χ0n) is 52.3. The Labute approximate surface area is 586 Å². The zero-order valence-corrected chi connectivity index (χ0v) is 58.7. The first kappa shape index (κ1) is 70.7. The zero-order chi connectivity index (χ0) is 61.9. The Morgan fingerprint density at radius 2 is 0.923 bits per heavy atom. The van der Waals surface area contributed by atoms with E-state index < -0.39 is 5.41 Å². The van der Waals surface area contributed by atoms with E-state index in [2.05, 4.69) is 148 Å². The number of para-hydroxylation sites is 2. The maximum Gasteiger partial charge on any atom is 0.124 e. The first-order chi connectivity index (χ1) is 43.8. The minimum atomic E-state index is -0.506. The molecule has 0 aliphatic heterocycles. The van der Waals surface area contributed by atoms with Crippen LogP contribution in [0.4, 0.5) is 0 Å². The van der Waals surface area contributed by atoms with Crippen LogP contribution < -0.4 is 0 Å². The van der Waals surface area contributed by atoms with Gasteiger partial charge in [0.15, 0.2) is 0 Å². The molecule has 10 aromatic rings. The summed E-state index contributed by atoms with van der Waals surface area (Å²) >= 11 is 3.42. The van der Waals surface area contributed by atoms with E-state index in [1.54, 1.807) is 34.8 Å². The summed E-state index contributed by atoms with van der Waals surface area (Å²) in [4.78, 5) is 18.5. The quantitative estimate of drug-likeness (QED) is 0.0273. The van der Waals surface area contributed by atoms with E-state index in [1.165, 1.54) is 95.9 Å². The topological polar surface area (TPSA) is 91.0 Å². The van der Waals surface area contributed by atoms with E-state index in [0.717, 1.165) is 111 Å². The second-order valence-corrected chi connectivity index (χ2v) is 24.3. The van der Waals surface area contributed by atoms with Crippen molar-refractivity contribution in [2.75, 3.05) is 13.1 Å². The average Bonchev–Trinajstić information content (AvgIpc) is 1.57. The predicted molar refractivity (Wildman–Crippen MR) is 394 cm³/mol. The number of fused-ring (bicyclic) bond motifs is 5. The molecule has 10 heteroatoms. The molecule has 0 spiro atoms. The fraction of sp³-hybridized carbons (Fsp3) is 0.259. The average molecular weight is 1600 g/mol. The van der Waals surface area contributed by atoms with Gasteiger partial charge in [-0.1, -0.05) is 170 Å². The summed E-state index contributed by atoms with van der Waals surface area (Å²) in [6, 6.07) is 63.8. The molecule has 1 aliphatic rings. The van der Waals surface area contributed by atoms with E-state index in [4.69, 9.17) is 0 Å². The minimum Gasteiger partial charge on any atom is -0.507 e. The van der Waals surface area contributed by atoms with Gasteiger partial charge in [0.05, 0.1) is 11.0 Å². The molecule has 8 aromatic carbocycles. The third-order valence-electron chi connectivity index (χ3n) is 15.8. The maximum atomic E-state index is 10.8. The van der Waals surface area contributed by atoms with Crippen LogP contribution in [0.5, 0.6) is 11.5 Å². The molecule has 0 bridgehead atoms. The van der Waals surface area contributed by atoms with Gasteiger partial charge in [-0.05, 0) is 160 Å². The van der Waals surface area contributed by atoms with Crippen LogP contribution in [0.1, 0.15) is 151 Å². The van der Waals surface area contributed by atoms with E-state index in [-0.39, 0.29) is 63.1 Å². The van der Waals surface area contributed by atoms with Crippen LogP contribution >= 0.6 is 22.7 Å². The number of unbranched alkanes of at least 4 members (excludes halogenated alkanes) is 11. The van der Waals surface area contributed by atoms with Gasteiger partial charge in [0.1, 0.15) is 11.5 Å². The molecule has 6 nitrogen and oxygen atoms in total. The van der Waals surface area contributed by atoms with Crippen molar-refractivity contribution in [1.82, 2.24) is 9.97 Å². The molecule has 0 atom stereocenters. The van der Waals surface area contributed by atoms with E-state index >= 15 is 0 Å². The van der Waals surface area contributed by atoms with Crippen LogP contribution in [-0.2, 0) is 45.6 Å². The normalized spacial score (nSPS) is 12.5. The molecule has 2 radical (unpaired) electrons. The van der Waals surface area contributed by atoms with Gasteiger partial charge in [-0.3, -0.25) is 20.0 Å². The van der Waals surface area contributed by atoms with Gasteiger partial charge in [-0.15, -0.1) is 71.8 Å². The Bertz CT molecular complexity index is 4010. The monoisotopic (exact) mass is 1600 g/mol. The number of aromatic hydroxyl groups is 2. The van der Waals surface area contributed by atoms with Gasteiger partial charge in [0.2, 0.25) is 0 Å². The van der Waals surface area contributed by atoms with E-state index in [9.17, 15) is 10.2 Å². The van der Waals surface area contributed by atoms with Crippen molar-refractivity contribution < 1.29 is 61.8 Å². The van der Waals surface area contributed by atoms with E-state index in [0.29, 0.717) is 0 Å². The van der Waals surface area contributed by atoms with Crippen molar-refractivity contribution >= 4 is 55.5 Å². The largest absolute Gasteiger partial charge is 0.507 e. The molecule has 11 rings (SSSR count). The van der Waals surface area contributed by atoms with Crippen LogP contribution in [0.3, 0.4) is 0 Å². The molecule has 2 N–H and O–H groups in total. The summed E-state index contributed by atoms with van der Waals surface area (Å²) in [7, 11) is 0. The summed E-state index contributed by atoms with van der Waals surface area (Å²) in [5.74, 6) is 0.460. The van der Waals surface area contributed by atoms with Gasteiger partial charge in [0, 0.05) is 113 Å². The van der Waals surface area contributed by atoms with Crippen molar-refractivity contribution in [3.8, 4) is 66.0 Å². The Hall–Kier alpha value is -7.80. The third-order valence-corrected chi connectivity index (χ3v) is 18.0. The Morgan fingerprint density at radius 3 is 1.38 bits per heavy atom. The minimum absolute atomic E-state index is 0. The first-order valence-corrected chi connectivity index (χ1v) is 33.2. The summed E-state index contributed by atoms with van der Waals surface area (Å²) in [5.41, 5.74) is 31.6. The van der Waals surface area contributed by atoms with Crippen LogP contribution in [0.25, 0.3) is 75.0 Å². The Balaban J connectivity index is 0. The fourth-order valence-electron chi connectivity index (χ4n) is 11.1. The van der Waals surface area contributed by atoms with E-state index in [1.807, 2.05) is 122 Å². The summed E-state index contributed by atoms with van der Waals surface area (Å²) in [6.45, 7) is 11.8. The smallest absolute Gasteiger partial charge is 0.124 e. The number of nitrogens with zero attached hydrogens (tertiary/aromatic N) is 4. The number of benzene rings is 8. The van der Waals surface area contributed by atoms with Crippen molar-refractivity contribution in [2.45, 2.75) is 122 Å². The third kappa shape index (κ3) is 19.6. The second-order valence-electron chi connectivity index (χ2n) is 22.2. The number of aliphatic imine (C=N–C) groups is 2. The molecule has 1 aliphatic carbocycles. The van der Waals surface area contributed by atoms with Crippen LogP contribution in [0.15, 0.2) is 227 Å². The first-order valence-electron chi connectivity index (χ1n) is 31.6. The molecule has 0 fully saturated rings. The summed E-state index contributed by atoms with van der Waals surface area (Å²) < 4.78 is 2.45. The summed E-state index contributed by atoms with van der Waals surface area (Å²) in [5, 5.41) is 23.7. The number of allylic oxidation sites excluding steroid dienone is 1. The standard InChI is InChI=1S/C55H62N2O2.2C13H8NS.2Ir.8H2/c1-5-9-13-17-19-21-33-55(34-22-20-18-14-10-6-2)51-39-45(43-27-31-53(58)47(37-43)41-56-35-23-15-11-7-3)25-29-49(51)50-30-26-46(40-52(50)55)44-28-32-54(59)48(38-44)42-57-36-24-16-12-8-4;2*1-2-6-10(7-3-1)13-14-11-8-4-5-9-12(11)15-13;;;;;;;;;;/h25-33,37-42,58-59H,1,6-8,10-12,14-16,18,20,22-24,34-36H2,2-4H3;2*1-6,8-9H;;;8*1H/q;2*-1;;;;;;;;;;. The van der Waals surface area contributed by atoms with Crippen molar-refractivity contribution in [2.24, 2.45) is 9.98 Å². The molecule has 0 amide bonds. The molecule has 0 saturated carbocycles. The number of rotatable bonds is 24. The predicted octanol–water partition coefficient (Wildman–Crippen LogP) is 24.1. The molecule has 482 valence electrons. The van der Waals surface area contributed by atoms with Gasteiger partial charge in [0.25, 0.3) is 0 Å². The number of thiazole rings is 2. The van der Waals surface area contributed by atoms with Crippen LogP contribution in [-0.4, -0.2) is 45.7 Å². The van der Waals surface area contributed by atoms with Crippen LogP contribution in [0, 0.1) is 12.1 Å². The van der Waals surface area contributed by atoms with Crippen molar-refractivity contribution in [3.05, 3.63) is 251 Å². The molecule has 91 heavy (non-hydrogen) atoms. The van der Waals surface area contributed by atoms with Gasteiger partial charge in [-0.25, -0.2) is 0 Å². The Morgan fingerprint density at radius 1 is 0.495 bits per heavy atom. The maximum absolute atomic E-state index is 10.8. The van der Waals surface area contributed by atoms with Gasteiger partial charge in [-0.2, -0.15) is 22.7 Å². The summed E-state index contributed by atoms with van der Waals surface area (Å²) in [6.07, 6.45) is 23.1.